The molecule has 1 saturated heterocycles. The molecule has 1 amide bonds. The van der Waals surface area contributed by atoms with Gasteiger partial charge in [0.25, 0.3) is 5.91 Å². The number of amides is 1. The highest BCUT2D eigenvalue weighted by atomic mass is 32.1. The van der Waals surface area contributed by atoms with Crippen LogP contribution in [-0.2, 0) is 0 Å². The van der Waals surface area contributed by atoms with Gasteiger partial charge in [-0.15, -0.1) is 16.4 Å². The maximum Gasteiger partial charge on any atom is 0.252 e. The number of primary amides is 1. The van der Waals surface area contributed by atoms with Crippen molar-refractivity contribution in [1.29, 1.82) is 0 Å². The van der Waals surface area contributed by atoms with Gasteiger partial charge in [-0.2, -0.15) is 5.10 Å². The number of nitrogens with zero attached hydrogens (tertiary/aromatic N) is 6. The van der Waals surface area contributed by atoms with Crippen molar-refractivity contribution in [1.82, 2.24) is 20.2 Å². The Morgan fingerprint density at radius 3 is 2.34 bits per heavy atom. The van der Waals surface area contributed by atoms with E-state index >= 15 is 0 Å². The fourth-order valence-electron chi connectivity index (χ4n) is 4.08. The maximum absolute atomic E-state index is 12.1. The molecule has 0 radical (unpaired) electrons. The Morgan fingerprint density at radius 2 is 1.66 bits per heavy atom. The summed E-state index contributed by atoms with van der Waals surface area (Å²) >= 11 is 1.68. The van der Waals surface area contributed by atoms with Crippen LogP contribution in [0.4, 0.5) is 11.6 Å². The fourth-order valence-corrected chi connectivity index (χ4v) is 5.08. The van der Waals surface area contributed by atoms with E-state index in [1.54, 1.807) is 17.7 Å². The predicted molar refractivity (Wildman–Crippen MR) is 127 cm³/mol. The van der Waals surface area contributed by atoms with Crippen LogP contribution in [0.1, 0.15) is 21.6 Å². The molecule has 32 heavy (non-hydrogen) atoms. The summed E-state index contributed by atoms with van der Waals surface area (Å²) < 4.78 is 0. The van der Waals surface area contributed by atoms with Crippen LogP contribution in [0.25, 0.3) is 20.7 Å². The molecule has 2 N–H and O–H groups in total. The van der Waals surface area contributed by atoms with Gasteiger partial charge in [-0.3, -0.25) is 4.79 Å². The van der Waals surface area contributed by atoms with Gasteiger partial charge >= 0.3 is 0 Å². The first-order valence-corrected chi connectivity index (χ1v) is 11.3. The topological polar surface area (TPSA) is 101 Å². The van der Waals surface area contributed by atoms with Crippen LogP contribution >= 0.6 is 11.3 Å². The molecule has 1 aliphatic rings. The minimum absolute atomic E-state index is 0.459. The van der Waals surface area contributed by atoms with Crippen LogP contribution in [0, 0.1) is 13.8 Å². The molecule has 8 nitrogen and oxygen atoms in total. The fraction of sp³-hybridized carbons (Fsp3) is 0.261. The summed E-state index contributed by atoms with van der Waals surface area (Å²) in [7, 11) is 0. The highest BCUT2D eigenvalue weighted by Gasteiger charge is 2.26. The standard InChI is InChI=1S/C23H23N7OS/c1-14-15(2)27-28-22(19(14)20(24)31)30-10-8-29(9-11-30)21-17-12-18(16-6-4-3-5-7-16)32-23(17)26-13-25-21/h3-7,12-13H,8-11H2,1-2H3,(H2,24,31). The summed E-state index contributed by atoms with van der Waals surface area (Å²) in [5.74, 6) is 1.03. The third-order valence-corrected chi connectivity index (χ3v) is 7.02. The molecule has 3 aromatic heterocycles. The Bertz CT molecular complexity index is 1300. The molecule has 1 aliphatic heterocycles. The van der Waals surface area contributed by atoms with Crippen molar-refractivity contribution in [3.63, 3.8) is 0 Å². The number of rotatable bonds is 4. The highest BCUT2D eigenvalue weighted by Crippen LogP contribution is 2.36. The maximum atomic E-state index is 12.1. The van der Waals surface area contributed by atoms with Gasteiger partial charge in [-0.1, -0.05) is 30.3 Å². The first kappa shape index (κ1) is 20.3. The molecule has 4 aromatic rings. The van der Waals surface area contributed by atoms with Gasteiger partial charge < -0.3 is 15.5 Å². The summed E-state index contributed by atoms with van der Waals surface area (Å²) in [5.41, 5.74) is 8.81. The number of carbonyl (C=O) groups excluding carboxylic acids is 1. The lowest BCUT2D eigenvalue weighted by atomic mass is 10.1. The van der Waals surface area contributed by atoms with Crippen LogP contribution in [0.15, 0.2) is 42.7 Å². The number of aryl methyl sites for hydroxylation is 1. The van der Waals surface area contributed by atoms with Crippen LogP contribution in [-0.4, -0.2) is 52.3 Å². The Hall–Kier alpha value is -3.59. The number of fused-ring (bicyclic) bond motifs is 1. The third kappa shape index (κ3) is 3.54. The Kier molecular flexibility index (Phi) is 5.18. The minimum atomic E-state index is -0.470. The second kappa shape index (κ2) is 8.16. The van der Waals surface area contributed by atoms with Gasteiger partial charge in [0.05, 0.1) is 16.6 Å². The smallest absolute Gasteiger partial charge is 0.252 e. The number of piperazine rings is 1. The molecule has 0 spiro atoms. The molecule has 0 saturated carbocycles. The van der Waals surface area contributed by atoms with Gasteiger partial charge in [0.1, 0.15) is 17.0 Å². The number of hydrogen-bond donors (Lipinski definition) is 1. The molecule has 0 unspecified atom stereocenters. The second-order valence-corrected chi connectivity index (χ2v) is 8.87. The molecule has 162 valence electrons. The average Bonchev–Trinajstić information content (AvgIpc) is 3.26. The summed E-state index contributed by atoms with van der Waals surface area (Å²) in [5, 5.41) is 9.58. The average molecular weight is 446 g/mol. The number of hydrogen-bond acceptors (Lipinski definition) is 8. The van der Waals surface area contributed by atoms with E-state index in [4.69, 9.17) is 5.73 Å². The number of benzene rings is 1. The molecule has 4 heterocycles. The normalized spacial score (nSPS) is 14.2. The third-order valence-electron chi connectivity index (χ3n) is 5.93. The molecule has 0 atom stereocenters. The highest BCUT2D eigenvalue weighted by molar-refractivity contribution is 7.21. The van der Waals surface area contributed by atoms with E-state index in [1.165, 1.54) is 10.4 Å². The Labute approximate surface area is 189 Å². The van der Waals surface area contributed by atoms with Gasteiger partial charge in [0.15, 0.2) is 5.82 Å². The lowest BCUT2D eigenvalue weighted by Crippen LogP contribution is -2.48. The zero-order chi connectivity index (χ0) is 22.2. The van der Waals surface area contributed by atoms with E-state index in [1.807, 2.05) is 32.0 Å². The molecule has 9 heteroatoms. The van der Waals surface area contributed by atoms with Crippen molar-refractivity contribution in [3.8, 4) is 10.4 Å². The molecular formula is C23H23N7OS. The van der Waals surface area contributed by atoms with Crippen LogP contribution < -0.4 is 15.5 Å². The summed E-state index contributed by atoms with van der Waals surface area (Å²) in [6.07, 6.45) is 1.63. The predicted octanol–water partition coefficient (Wildman–Crippen LogP) is 3.19. The van der Waals surface area contributed by atoms with Crippen molar-refractivity contribution in [2.75, 3.05) is 36.0 Å². The van der Waals surface area contributed by atoms with Crippen LogP contribution in [0.2, 0.25) is 0 Å². The SMILES string of the molecule is Cc1nnc(N2CCN(c3ncnc4sc(-c5ccccc5)cc34)CC2)c(C(N)=O)c1C. The van der Waals surface area contributed by atoms with Crippen molar-refractivity contribution in [2.45, 2.75) is 13.8 Å². The lowest BCUT2D eigenvalue weighted by molar-refractivity contribution is 0.0999. The number of aromatic nitrogens is 4. The molecular weight excluding hydrogens is 422 g/mol. The van der Waals surface area contributed by atoms with Gasteiger partial charge in [0.2, 0.25) is 0 Å². The lowest BCUT2D eigenvalue weighted by Gasteiger charge is -2.36. The van der Waals surface area contributed by atoms with Crippen molar-refractivity contribution in [2.24, 2.45) is 5.73 Å². The molecule has 1 fully saturated rings. The second-order valence-electron chi connectivity index (χ2n) is 7.84. The Balaban J connectivity index is 1.41. The number of anilines is 2. The zero-order valence-electron chi connectivity index (χ0n) is 17.9. The first-order valence-electron chi connectivity index (χ1n) is 10.5. The first-order chi connectivity index (χ1) is 15.5. The monoisotopic (exact) mass is 445 g/mol. The van der Waals surface area contributed by atoms with Gasteiger partial charge in [0, 0.05) is 31.1 Å². The van der Waals surface area contributed by atoms with E-state index in [0.29, 0.717) is 24.5 Å². The van der Waals surface area contributed by atoms with Crippen LogP contribution in [0.3, 0.4) is 0 Å². The van der Waals surface area contributed by atoms with E-state index in [2.05, 4.69) is 48.2 Å². The van der Waals surface area contributed by atoms with Crippen molar-refractivity contribution >= 4 is 39.1 Å². The number of thiophene rings is 1. The van der Waals surface area contributed by atoms with E-state index in [9.17, 15) is 4.79 Å². The van der Waals surface area contributed by atoms with Gasteiger partial charge in [-0.25, -0.2) is 9.97 Å². The quantitative estimate of drug-likeness (QED) is 0.515. The molecule has 0 aliphatic carbocycles. The van der Waals surface area contributed by atoms with Crippen molar-refractivity contribution < 1.29 is 4.79 Å². The van der Waals surface area contributed by atoms with Crippen LogP contribution in [0.5, 0.6) is 0 Å². The van der Waals surface area contributed by atoms with E-state index < -0.39 is 5.91 Å². The van der Waals surface area contributed by atoms with Crippen molar-refractivity contribution in [3.05, 3.63) is 59.5 Å². The Morgan fingerprint density at radius 1 is 0.969 bits per heavy atom. The summed E-state index contributed by atoms with van der Waals surface area (Å²) in [6, 6.07) is 12.5. The number of carbonyl (C=O) groups is 1. The van der Waals surface area contributed by atoms with E-state index in [0.717, 1.165) is 40.4 Å². The minimum Gasteiger partial charge on any atom is -0.365 e. The van der Waals surface area contributed by atoms with Gasteiger partial charge in [-0.05, 0) is 31.0 Å². The summed E-state index contributed by atoms with van der Waals surface area (Å²) in [6.45, 7) is 6.58. The number of nitrogens with two attached hydrogens (primary N) is 1. The molecule has 0 bridgehead atoms. The summed E-state index contributed by atoms with van der Waals surface area (Å²) in [4.78, 5) is 27.7. The largest absolute Gasteiger partial charge is 0.365 e. The van der Waals surface area contributed by atoms with E-state index in [-0.39, 0.29) is 0 Å². The zero-order valence-corrected chi connectivity index (χ0v) is 18.8. The molecule has 5 rings (SSSR count). The molecule has 1 aromatic carbocycles.